The molecule has 0 spiro atoms. The third kappa shape index (κ3) is 5.64. The fourth-order valence-electron chi connectivity index (χ4n) is 3.38. The fourth-order valence-corrected chi connectivity index (χ4v) is 4.34. The number of thioether (sulfide) groups is 1. The molecular formula is C25H19ClN2O6S. The molecule has 0 N–H and O–H groups in total. The average molecular weight is 511 g/mol. The molecule has 2 amide bonds. The minimum atomic E-state index is -0.507. The van der Waals surface area contributed by atoms with Crippen molar-refractivity contribution < 1.29 is 24.0 Å². The van der Waals surface area contributed by atoms with E-state index in [9.17, 15) is 19.7 Å². The lowest BCUT2D eigenvalue weighted by Crippen LogP contribution is -2.27. The normalized spacial score (nSPS) is 14.5. The van der Waals surface area contributed by atoms with Crippen molar-refractivity contribution in [2.75, 3.05) is 7.11 Å². The van der Waals surface area contributed by atoms with Gasteiger partial charge in [-0.25, -0.2) is 0 Å². The number of nitrogens with zero attached hydrogens (tertiary/aromatic N) is 2. The number of nitro groups is 1. The summed E-state index contributed by atoms with van der Waals surface area (Å²) in [5.41, 5.74) is 2.02. The summed E-state index contributed by atoms with van der Waals surface area (Å²) in [4.78, 5) is 37.2. The monoisotopic (exact) mass is 510 g/mol. The Morgan fingerprint density at radius 3 is 2.37 bits per heavy atom. The Kier molecular flexibility index (Phi) is 7.38. The molecule has 4 rings (SSSR count). The van der Waals surface area contributed by atoms with Crippen LogP contribution < -0.4 is 9.47 Å². The van der Waals surface area contributed by atoms with Gasteiger partial charge in [0.2, 0.25) is 0 Å². The number of imide groups is 1. The molecule has 1 heterocycles. The molecule has 1 fully saturated rings. The molecule has 178 valence electrons. The van der Waals surface area contributed by atoms with Gasteiger partial charge in [0, 0.05) is 22.7 Å². The number of carbonyl (C=O) groups excluding carboxylic acids is 2. The SMILES string of the molecule is COc1cccc(/C=C2\SC(=O)N(Cc3ccc([N+](=O)[O-])cc3)C2=O)c1OCc1ccc(Cl)cc1. The Balaban J connectivity index is 1.55. The van der Waals surface area contributed by atoms with E-state index >= 15 is 0 Å². The van der Waals surface area contributed by atoms with Crippen molar-refractivity contribution in [3.8, 4) is 11.5 Å². The molecular weight excluding hydrogens is 492 g/mol. The van der Waals surface area contributed by atoms with E-state index in [2.05, 4.69) is 0 Å². The number of methoxy groups -OCH3 is 1. The Morgan fingerprint density at radius 1 is 1.03 bits per heavy atom. The van der Waals surface area contributed by atoms with Crippen LogP contribution in [0.5, 0.6) is 11.5 Å². The number of para-hydroxylation sites is 1. The van der Waals surface area contributed by atoms with Crippen LogP contribution in [0.4, 0.5) is 10.5 Å². The summed E-state index contributed by atoms with van der Waals surface area (Å²) in [5.74, 6) is 0.467. The second kappa shape index (κ2) is 10.6. The van der Waals surface area contributed by atoms with Gasteiger partial charge in [-0.3, -0.25) is 24.6 Å². The van der Waals surface area contributed by atoms with Gasteiger partial charge >= 0.3 is 0 Å². The van der Waals surface area contributed by atoms with E-state index in [1.54, 1.807) is 36.4 Å². The van der Waals surface area contributed by atoms with Crippen LogP contribution >= 0.6 is 23.4 Å². The molecule has 1 aliphatic rings. The second-order valence-electron chi connectivity index (χ2n) is 7.49. The van der Waals surface area contributed by atoms with Crippen LogP contribution in [-0.2, 0) is 17.9 Å². The Bertz CT molecular complexity index is 1310. The van der Waals surface area contributed by atoms with Crippen LogP contribution in [0.2, 0.25) is 5.02 Å². The first-order valence-electron chi connectivity index (χ1n) is 10.4. The standard InChI is InChI=1S/C25H19ClN2O6S/c1-33-21-4-2-3-18(23(21)34-15-17-5-9-19(26)10-6-17)13-22-24(29)27(25(30)35-22)14-16-7-11-20(12-8-16)28(31)32/h2-13H,14-15H2,1H3/b22-13-. The summed E-state index contributed by atoms with van der Waals surface area (Å²) in [6.45, 7) is 0.262. The maximum Gasteiger partial charge on any atom is 0.293 e. The van der Waals surface area contributed by atoms with E-state index < -0.39 is 16.1 Å². The highest BCUT2D eigenvalue weighted by molar-refractivity contribution is 8.18. The maximum atomic E-state index is 13.0. The molecule has 0 atom stereocenters. The molecule has 3 aromatic rings. The molecule has 35 heavy (non-hydrogen) atoms. The van der Waals surface area contributed by atoms with Gasteiger partial charge in [0.1, 0.15) is 6.61 Å². The highest BCUT2D eigenvalue weighted by Crippen LogP contribution is 2.38. The minimum Gasteiger partial charge on any atom is -0.493 e. The van der Waals surface area contributed by atoms with Crippen molar-refractivity contribution in [2.24, 2.45) is 0 Å². The third-order valence-corrected chi connectivity index (χ3v) is 6.33. The van der Waals surface area contributed by atoms with Crippen molar-refractivity contribution in [1.82, 2.24) is 4.90 Å². The van der Waals surface area contributed by atoms with Crippen molar-refractivity contribution >= 4 is 46.3 Å². The predicted molar refractivity (Wildman–Crippen MR) is 133 cm³/mol. The molecule has 1 saturated heterocycles. The van der Waals surface area contributed by atoms with Gasteiger partial charge < -0.3 is 9.47 Å². The van der Waals surface area contributed by atoms with Crippen LogP contribution in [0.3, 0.4) is 0 Å². The molecule has 1 aliphatic heterocycles. The van der Waals surface area contributed by atoms with Crippen molar-refractivity contribution in [1.29, 1.82) is 0 Å². The number of hydrogen-bond acceptors (Lipinski definition) is 7. The topological polar surface area (TPSA) is 99.0 Å². The van der Waals surface area contributed by atoms with E-state index in [1.807, 2.05) is 12.1 Å². The van der Waals surface area contributed by atoms with E-state index in [4.69, 9.17) is 21.1 Å². The Hall–Kier alpha value is -3.82. The molecule has 0 aliphatic carbocycles. The molecule has 10 heteroatoms. The number of carbonyl (C=O) groups is 2. The molecule has 0 radical (unpaired) electrons. The molecule has 3 aromatic carbocycles. The molecule has 0 unspecified atom stereocenters. The summed E-state index contributed by atoms with van der Waals surface area (Å²) < 4.78 is 11.5. The second-order valence-corrected chi connectivity index (χ2v) is 8.91. The molecule has 0 bridgehead atoms. The number of ether oxygens (including phenoxy) is 2. The van der Waals surface area contributed by atoms with Crippen LogP contribution in [0.1, 0.15) is 16.7 Å². The first kappa shape index (κ1) is 24.3. The van der Waals surface area contributed by atoms with Crippen LogP contribution in [0, 0.1) is 10.1 Å². The average Bonchev–Trinajstić information content (AvgIpc) is 3.11. The zero-order valence-corrected chi connectivity index (χ0v) is 20.0. The smallest absolute Gasteiger partial charge is 0.293 e. The fraction of sp³-hybridized carbons (Fsp3) is 0.120. The van der Waals surface area contributed by atoms with Crippen LogP contribution in [0.25, 0.3) is 6.08 Å². The summed E-state index contributed by atoms with van der Waals surface area (Å²) >= 11 is 6.76. The lowest BCUT2D eigenvalue weighted by molar-refractivity contribution is -0.384. The third-order valence-electron chi connectivity index (χ3n) is 5.17. The highest BCUT2D eigenvalue weighted by atomic mass is 35.5. The van der Waals surface area contributed by atoms with Crippen molar-refractivity contribution in [3.63, 3.8) is 0 Å². The maximum absolute atomic E-state index is 13.0. The summed E-state index contributed by atoms with van der Waals surface area (Å²) in [5, 5.41) is 11.0. The number of non-ortho nitro benzene ring substituents is 1. The Labute approximate surface area is 210 Å². The summed E-state index contributed by atoms with van der Waals surface area (Å²) in [6, 6.07) is 18.2. The number of benzene rings is 3. The number of halogens is 1. The number of rotatable bonds is 8. The number of hydrogen-bond donors (Lipinski definition) is 0. The highest BCUT2D eigenvalue weighted by Gasteiger charge is 2.35. The van der Waals surface area contributed by atoms with Gasteiger partial charge in [-0.15, -0.1) is 0 Å². The first-order chi connectivity index (χ1) is 16.9. The van der Waals surface area contributed by atoms with E-state index in [0.29, 0.717) is 27.6 Å². The first-order valence-corrected chi connectivity index (χ1v) is 11.6. The van der Waals surface area contributed by atoms with Crippen molar-refractivity contribution in [2.45, 2.75) is 13.2 Å². The molecule has 0 aromatic heterocycles. The summed E-state index contributed by atoms with van der Waals surface area (Å²) in [7, 11) is 1.52. The van der Waals surface area contributed by atoms with Gasteiger partial charge in [0.25, 0.3) is 16.8 Å². The van der Waals surface area contributed by atoms with Gasteiger partial charge in [-0.2, -0.15) is 0 Å². The quantitative estimate of drug-likeness (QED) is 0.206. The van der Waals surface area contributed by atoms with Gasteiger partial charge in [0.05, 0.1) is 23.5 Å². The van der Waals surface area contributed by atoms with Gasteiger partial charge in [-0.05, 0) is 47.2 Å². The van der Waals surface area contributed by atoms with Gasteiger partial charge in [-0.1, -0.05) is 48.0 Å². The van der Waals surface area contributed by atoms with E-state index in [1.165, 1.54) is 31.4 Å². The zero-order chi connectivity index (χ0) is 24.9. The van der Waals surface area contributed by atoms with E-state index in [0.717, 1.165) is 22.2 Å². The van der Waals surface area contributed by atoms with Crippen LogP contribution in [0.15, 0.2) is 71.6 Å². The minimum absolute atomic E-state index is 0.0119. The Morgan fingerprint density at radius 2 is 1.71 bits per heavy atom. The zero-order valence-electron chi connectivity index (χ0n) is 18.5. The lowest BCUT2D eigenvalue weighted by atomic mass is 10.1. The van der Waals surface area contributed by atoms with Crippen molar-refractivity contribution in [3.05, 3.63) is 103 Å². The van der Waals surface area contributed by atoms with Crippen LogP contribution in [-0.4, -0.2) is 28.1 Å². The lowest BCUT2D eigenvalue weighted by Gasteiger charge is -2.14. The largest absolute Gasteiger partial charge is 0.493 e. The predicted octanol–water partition coefficient (Wildman–Crippen LogP) is 6.07. The number of amides is 2. The van der Waals surface area contributed by atoms with Gasteiger partial charge in [0.15, 0.2) is 11.5 Å². The molecule has 0 saturated carbocycles. The number of nitro benzene ring substituents is 1. The van der Waals surface area contributed by atoms with E-state index in [-0.39, 0.29) is 23.7 Å². The summed E-state index contributed by atoms with van der Waals surface area (Å²) in [6.07, 6.45) is 1.60. The molecule has 8 nitrogen and oxygen atoms in total.